The quantitative estimate of drug-likeness (QED) is 0.644. The standard InChI is InChI=1S/C26H37N3O3S/c1-5-29(6-2)33(31,32)22-7-8-23-21(12-22)13-24(28(23)4)25(30)27-17(3)26-14-18-9-19(15-26)11-20(10-18)16-26/h7-8,12-13,17-20H,5-6,9-11,14-16H2,1-4H3,(H,27,30)/t17-,18?,19?,20?,26?/m1/s1. The van der Waals surface area contributed by atoms with Crippen molar-refractivity contribution in [3.63, 3.8) is 0 Å². The van der Waals surface area contributed by atoms with Crippen molar-refractivity contribution in [2.45, 2.75) is 70.2 Å². The summed E-state index contributed by atoms with van der Waals surface area (Å²) in [6.07, 6.45) is 7.93. The third kappa shape index (κ3) is 3.72. The van der Waals surface area contributed by atoms with E-state index in [1.165, 1.54) is 42.8 Å². The van der Waals surface area contributed by atoms with E-state index in [-0.39, 0.29) is 22.3 Å². The fraction of sp³-hybridized carbons (Fsp3) is 0.654. The first-order valence-corrected chi connectivity index (χ1v) is 14.0. The maximum atomic E-state index is 13.4. The maximum Gasteiger partial charge on any atom is 0.268 e. The number of sulfonamides is 1. The molecule has 0 saturated heterocycles. The summed E-state index contributed by atoms with van der Waals surface area (Å²) in [5.41, 5.74) is 1.69. The van der Waals surface area contributed by atoms with Gasteiger partial charge in [-0.05, 0) is 92.9 Å². The van der Waals surface area contributed by atoms with Crippen LogP contribution in [0, 0.1) is 23.2 Å². The summed E-state index contributed by atoms with van der Waals surface area (Å²) in [5.74, 6) is 2.48. The highest BCUT2D eigenvalue weighted by Gasteiger charge is 2.53. The first kappa shape index (κ1) is 22.9. The number of fused-ring (bicyclic) bond motifs is 1. The van der Waals surface area contributed by atoms with Gasteiger partial charge in [0.2, 0.25) is 10.0 Å². The lowest BCUT2D eigenvalue weighted by atomic mass is 9.48. The van der Waals surface area contributed by atoms with Gasteiger partial charge in [0.25, 0.3) is 5.91 Å². The first-order chi connectivity index (χ1) is 15.7. The average Bonchev–Trinajstić information content (AvgIpc) is 3.09. The number of aromatic nitrogens is 1. The van der Waals surface area contributed by atoms with Gasteiger partial charge in [-0.15, -0.1) is 0 Å². The van der Waals surface area contributed by atoms with Gasteiger partial charge in [-0.25, -0.2) is 8.42 Å². The molecule has 0 aliphatic heterocycles. The third-order valence-electron chi connectivity index (χ3n) is 8.94. The van der Waals surface area contributed by atoms with Gasteiger partial charge in [0, 0.05) is 37.1 Å². The van der Waals surface area contributed by atoms with Gasteiger partial charge >= 0.3 is 0 Å². The molecular weight excluding hydrogens is 434 g/mol. The monoisotopic (exact) mass is 471 g/mol. The Morgan fingerprint density at radius 1 is 1.09 bits per heavy atom. The SMILES string of the molecule is CCN(CC)S(=O)(=O)c1ccc2c(c1)cc(C(=O)N[C@H](C)C13CC4CC(CC(C4)C1)C3)n2C. The summed E-state index contributed by atoms with van der Waals surface area (Å²) in [5, 5.41) is 4.13. The van der Waals surface area contributed by atoms with Gasteiger partial charge in [0.05, 0.1) is 4.90 Å². The van der Waals surface area contributed by atoms with Crippen LogP contribution in [0.5, 0.6) is 0 Å². The average molecular weight is 472 g/mol. The highest BCUT2D eigenvalue weighted by molar-refractivity contribution is 7.89. The number of nitrogens with zero attached hydrogens (tertiary/aromatic N) is 2. The van der Waals surface area contributed by atoms with Crippen molar-refractivity contribution in [3.05, 3.63) is 30.0 Å². The molecule has 4 aliphatic carbocycles. The zero-order valence-corrected chi connectivity index (χ0v) is 21.1. The Morgan fingerprint density at radius 3 is 2.21 bits per heavy atom. The van der Waals surface area contributed by atoms with E-state index in [0.29, 0.717) is 18.8 Å². The van der Waals surface area contributed by atoms with E-state index in [2.05, 4.69) is 12.2 Å². The summed E-state index contributed by atoms with van der Waals surface area (Å²) in [4.78, 5) is 13.6. The lowest BCUT2D eigenvalue weighted by Gasteiger charge is -2.59. The summed E-state index contributed by atoms with van der Waals surface area (Å²) in [6, 6.07) is 7.14. The number of nitrogens with one attached hydrogen (secondary N) is 1. The van der Waals surface area contributed by atoms with Crippen LogP contribution in [0.25, 0.3) is 10.9 Å². The number of carbonyl (C=O) groups excluding carboxylic acids is 1. The summed E-state index contributed by atoms with van der Waals surface area (Å²) >= 11 is 0. The smallest absolute Gasteiger partial charge is 0.268 e. The highest BCUT2D eigenvalue weighted by Crippen LogP contribution is 2.61. The minimum absolute atomic E-state index is 0.0647. The fourth-order valence-electron chi connectivity index (χ4n) is 7.55. The highest BCUT2D eigenvalue weighted by atomic mass is 32.2. The lowest BCUT2D eigenvalue weighted by Crippen LogP contribution is -2.55. The van der Waals surface area contributed by atoms with Crippen molar-refractivity contribution >= 4 is 26.8 Å². The summed E-state index contributed by atoms with van der Waals surface area (Å²) in [7, 11) is -1.66. The predicted molar refractivity (Wildman–Crippen MR) is 131 cm³/mol. The summed E-state index contributed by atoms with van der Waals surface area (Å²) in [6.45, 7) is 6.75. The van der Waals surface area contributed by atoms with E-state index in [1.54, 1.807) is 12.1 Å². The molecule has 1 amide bonds. The van der Waals surface area contributed by atoms with E-state index in [0.717, 1.165) is 28.7 Å². The molecule has 1 atom stereocenters. The molecule has 6 rings (SSSR count). The van der Waals surface area contributed by atoms with Gasteiger partial charge in [0.1, 0.15) is 5.69 Å². The zero-order valence-electron chi connectivity index (χ0n) is 20.3. The molecule has 33 heavy (non-hydrogen) atoms. The molecule has 1 N–H and O–H groups in total. The lowest BCUT2D eigenvalue weighted by molar-refractivity contribution is -0.0688. The second-order valence-electron chi connectivity index (χ2n) is 10.9. The number of hydrogen-bond acceptors (Lipinski definition) is 3. The normalized spacial score (nSPS) is 29.7. The molecule has 0 spiro atoms. The van der Waals surface area contributed by atoms with E-state index in [9.17, 15) is 13.2 Å². The molecule has 4 fully saturated rings. The van der Waals surface area contributed by atoms with Crippen LogP contribution in [0.1, 0.15) is 69.8 Å². The van der Waals surface area contributed by atoms with Gasteiger partial charge in [0.15, 0.2) is 0 Å². The molecule has 1 aromatic carbocycles. The largest absolute Gasteiger partial charge is 0.348 e. The van der Waals surface area contributed by atoms with E-state index in [4.69, 9.17) is 0 Å². The number of amides is 1. The topological polar surface area (TPSA) is 71.4 Å². The van der Waals surface area contributed by atoms with Crippen LogP contribution in [0.4, 0.5) is 0 Å². The molecule has 4 saturated carbocycles. The van der Waals surface area contributed by atoms with Crippen molar-refractivity contribution in [2.24, 2.45) is 30.2 Å². The molecule has 0 unspecified atom stereocenters. The second-order valence-corrected chi connectivity index (χ2v) is 12.8. The molecule has 6 nitrogen and oxygen atoms in total. The molecule has 7 heteroatoms. The van der Waals surface area contributed by atoms with E-state index < -0.39 is 10.0 Å². The Morgan fingerprint density at radius 2 is 1.67 bits per heavy atom. The zero-order chi connectivity index (χ0) is 23.5. The number of rotatable bonds is 7. The molecule has 1 aromatic heterocycles. The number of aryl methyl sites for hydroxylation is 1. The Kier molecular flexibility index (Phi) is 5.64. The Hall–Kier alpha value is -1.86. The number of carbonyl (C=O) groups is 1. The molecule has 2 aromatic rings. The van der Waals surface area contributed by atoms with Gasteiger partial charge in [-0.2, -0.15) is 4.31 Å². The van der Waals surface area contributed by atoms with Crippen LogP contribution in [-0.4, -0.2) is 42.3 Å². The van der Waals surface area contributed by atoms with E-state index in [1.807, 2.05) is 37.6 Å². The van der Waals surface area contributed by atoms with Gasteiger partial charge in [-0.1, -0.05) is 13.8 Å². The summed E-state index contributed by atoms with van der Waals surface area (Å²) < 4.78 is 29.2. The number of benzene rings is 1. The van der Waals surface area contributed by atoms with Crippen molar-refractivity contribution in [1.82, 2.24) is 14.2 Å². The van der Waals surface area contributed by atoms with Gasteiger partial charge < -0.3 is 9.88 Å². The van der Waals surface area contributed by atoms with Crippen molar-refractivity contribution in [3.8, 4) is 0 Å². The Bertz CT molecular complexity index is 1140. The maximum absolute atomic E-state index is 13.4. The molecule has 0 radical (unpaired) electrons. The van der Waals surface area contributed by atoms with Crippen LogP contribution >= 0.6 is 0 Å². The van der Waals surface area contributed by atoms with Crippen LogP contribution < -0.4 is 5.32 Å². The van der Waals surface area contributed by atoms with Gasteiger partial charge in [-0.3, -0.25) is 4.79 Å². The predicted octanol–water partition coefficient (Wildman–Crippen LogP) is 4.54. The van der Waals surface area contributed by atoms with E-state index >= 15 is 0 Å². The van der Waals surface area contributed by atoms with Crippen molar-refractivity contribution in [2.75, 3.05) is 13.1 Å². The van der Waals surface area contributed by atoms with Crippen LogP contribution in [0.15, 0.2) is 29.2 Å². The molecule has 1 heterocycles. The molecular formula is C26H37N3O3S. The Balaban J connectivity index is 1.39. The third-order valence-corrected chi connectivity index (χ3v) is 11.0. The van der Waals surface area contributed by atoms with Crippen LogP contribution in [0.2, 0.25) is 0 Å². The Labute approximate surface area is 197 Å². The minimum Gasteiger partial charge on any atom is -0.348 e. The second kappa shape index (κ2) is 8.12. The first-order valence-electron chi connectivity index (χ1n) is 12.6. The number of hydrogen-bond donors (Lipinski definition) is 1. The van der Waals surface area contributed by atoms with Crippen molar-refractivity contribution < 1.29 is 13.2 Å². The molecule has 4 aliphatic rings. The van der Waals surface area contributed by atoms with Crippen LogP contribution in [-0.2, 0) is 17.1 Å². The molecule has 4 bridgehead atoms. The molecule has 180 valence electrons. The fourth-order valence-corrected chi connectivity index (χ4v) is 9.04. The van der Waals surface area contributed by atoms with Crippen LogP contribution in [0.3, 0.4) is 0 Å². The minimum atomic E-state index is -3.54. The van der Waals surface area contributed by atoms with Crippen molar-refractivity contribution in [1.29, 1.82) is 0 Å².